The standard InChI is InChI=1S/C14H19BrClNO/c15-9-3-1-2-4-10-17-14(18)11-12-5-7-13(16)8-6-12/h5-8H,1-4,9-11H2,(H,17,18). The van der Waals surface area contributed by atoms with Crippen LogP contribution in [0.4, 0.5) is 0 Å². The van der Waals surface area contributed by atoms with Gasteiger partial charge in [-0.2, -0.15) is 0 Å². The van der Waals surface area contributed by atoms with Crippen LogP contribution in [0.5, 0.6) is 0 Å². The molecule has 0 saturated carbocycles. The summed E-state index contributed by atoms with van der Waals surface area (Å²) in [6.45, 7) is 0.773. The van der Waals surface area contributed by atoms with E-state index in [9.17, 15) is 4.79 Å². The average Bonchev–Trinajstić information content (AvgIpc) is 2.36. The molecule has 0 aliphatic heterocycles. The molecule has 0 aromatic heterocycles. The van der Waals surface area contributed by atoms with Crippen LogP contribution in [0.2, 0.25) is 5.02 Å². The van der Waals surface area contributed by atoms with Gasteiger partial charge in [0.2, 0.25) is 5.91 Å². The summed E-state index contributed by atoms with van der Waals surface area (Å²) in [6, 6.07) is 7.39. The summed E-state index contributed by atoms with van der Waals surface area (Å²) in [5.41, 5.74) is 0.996. The van der Waals surface area contributed by atoms with Crippen molar-refractivity contribution in [3.05, 3.63) is 34.9 Å². The second-order valence-electron chi connectivity index (χ2n) is 4.26. The molecule has 2 nitrogen and oxygen atoms in total. The molecule has 1 aromatic rings. The van der Waals surface area contributed by atoms with E-state index in [0.717, 1.165) is 23.9 Å². The van der Waals surface area contributed by atoms with E-state index in [2.05, 4.69) is 21.2 Å². The van der Waals surface area contributed by atoms with Crippen LogP contribution in [0.25, 0.3) is 0 Å². The topological polar surface area (TPSA) is 29.1 Å². The Morgan fingerprint density at radius 3 is 2.44 bits per heavy atom. The van der Waals surface area contributed by atoms with Crippen LogP contribution >= 0.6 is 27.5 Å². The highest BCUT2D eigenvalue weighted by molar-refractivity contribution is 9.09. The van der Waals surface area contributed by atoms with E-state index >= 15 is 0 Å². The SMILES string of the molecule is O=C(Cc1ccc(Cl)cc1)NCCCCCCBr. The Morgan fingerprint density at radius 1 is 1.11 bits per heavy atom. The molecule has 0 spiro atoms. The maximum absolute atomic E-state index is 11.6. The number of unbranched alkanes of at least 4 members (excludes halogenated alkanes) is 3. The van der Waals surface area contributed by atoms with Gasteiger partial charge in [0.15, 0.2) is 0 Å². The van der Waals surface area contributed by atoms with Gasteiger partial charge in [-0.05, 0) is 30.5 Å². The van der Waals surface area contributed by atoms with Gasteiger partial charge in [0.25, 0.3) is 0 Å². The van der Waals surface area contributed by atoms with E-state index in [4.69, 9.17) is 11.6 Å². The molecule has 0 heterocycles. The van der Waals surface area contributed by atoms with Gasteiger partial charge in [0.1, 0.15) is 0 Å². The number of hydrogen-bond donors (Lipinski definition) is 1. The first-order chi connectivity index (χ1) is 8.72. The second kappa shape index (κ2) is 9.40. The van der Waals surface area contributed by atoms with Gasteiger partial charge in [-0.1, -0.05) is 52.5 Å². The third-order valence-corrected chi connectivity index (χ3v) is 3.47. The van der Waals surface area contributed by atoms with Gasteiger partial charge < -0.3 is 5.32 Å². The van der Waals surface area contributed by atoms with Crippen LogP contribution in [-0.4, -0.2) is 17.8 Å². The summed E-state index contributed by atoms with van der Waals surface area (Å²) in [6.07, 6.45) is 5.09. The third-order valence-electron chi connectivity index (χ3n) is 2.66. The van der Waals surface area contributed by atoms with Crippen LogP contribution in [0.15, 0.2) is 24.3 Å². The van der Waals surface area contributed by atoms with E-state index in [1.165, 1.54) is 19.3 Å². The van der Waals surface area contributed by atoms with Crippen LogP contribution in [-0.2, 0) is 11.2 Å². The largest absolute Gasteiger partial charge is 0.356 e. The van der Waals surface area contributed by atoms with E-state index in [1.54, 1.807) is 0 Å². The number of hydrogen-bond acceptors (Lipinski definition) is 1. The van der Waals surface area contributed by atoms with Gasteiger partial charge in [0.05, 0.1) is 6.42 Å². The highest BCUT2D eigenvalue weighted by atomic mass is 79.9. The normalized spacial score (nSPS) is 10.3. The quantitative estimate of drug-likeness (QED) is 0.567. The number of carbonyl (C=O) groups excluding carboxylic acids is 1. The van der Waals surface area contributed by atoms with Crippen molar-refractivity contribution in [1.82, 2.24) is 5.32 Å². The predicted molar refractivity (Wildman–Crippen MR) is 80.4 cm³/mol. The van der Waals surface area contributed by atoms with E-state index in [-0.39, 0.29) is 5.91 Å². The van der Waals surface area contributed by atoms with Crippen molar-refractivity contribution in [2.24, 2.45) is 0 Å². The molecule has 0 radical (unpaired) electrons. The Bertz CT molecular complexity index is 353. The minimum absolute atomic E-state index is 0.0813. The highest BCUT2D eigenvalue weighted by Gasteiger charge is 2.02. The lowest BCUT2D eigenvalue weighted by molar-refractivity contribution is -0.120. The van der Waals surface area contributed by atoms with Crippen molar-refractivity contribution < 1.29 is 4.79 Å². The smallest absolute Gasteiger partial charge is 0.224 e. The lowest BCUT2D eigenvalue weighted by Gasteiger charge is -2.05. The molecule has 1 N–H and O–H groups in total. The molecule has 100 valence electrons. The Hall–Kier alpha value is -0.540. The third kappa shape index (κ3) is 7.02. The van der Waals surface area contributed by atoms with E-state index in [0.29, 0.717) is 11.4 Å². The van der Waals surface area contributed by atoms with Crippen molar-refractivity contribution in [2.45, 2.75) is 32.1 Å². The lowest BCUT2D eigenvalue weighted by Crippen LogP contribution is -2.26. The van der Waals surface area contributed by atoms with Gasteiger partial charge in [-0.3, -0.25) is 4.79 Å². The minimum atomic E-state index is 0.0813. The lowest BCUT2D eigenvalue weighted by atomic mass is 10.1. The Labute approximate surface area is 122 Å². The summed E-state index contributed by atoms with van der Waals surface area (Å²) < 4.78 is 0. The van der Waals surface area contributed by atoms with Crippen molar-refractivity contribution in [3.63, 3.8) is 0 Å². The maximum atomic E-state index is 11.6. The highest BCUT2D eigenvalue weighted by Crippen LogP contribution is 2.09. The fourth-order valence-electron chi connectivity index (χ4n) is 1.65. The molecular weight excluding hydrogens is 314 g/mol. The maximum Gasteiger partial charge on any atom is 0.224 e. The van der Waals surface area contributed by atoms with E-state index in [1.807, 2.05) is 24.3 Å². The van der Waals surface area contributed by atoms with E-state index < -0.39 is 0 Å². The number of benzene rings is 1. The van der Waals surface area contributed by atoms with Crippen molar-refractivity contribution in [1.29, 1.82) is 0 Å². The molecule has 0 bridgehead atoms. The van der Waals surface area contributed by atoms with Crippen LogP contribution in [0.3, 0.4) is 0 Å². The molecule has 0 aliphatic rings. The molecule has 0 aliphatic carbocycles. The molecule has 1 rings (SSSR count). The summed E-state index contributed by atoms with van der Waals surface area (Å²) in [7, 11) is 0. The molecule has 18 heavy (non-hydrogen) atoms. The number of alkyl halides is 1. The fraction of sp³-hybridized carbons (Fsp3) is 0.500. The van der Waals surface area contributed by atoms with Crippen LogP contribution < -0.4 is 5.32 Å². The Morgan fingerprint density at radius 2 is 1.78 bits per heavy atom. The zero-order valence-electron chi connectivity index (χ0n) is 10.4. The van der Waals surface area contributed by atoms with Gasteiger partial charge in [-0.15, -0.1) is 0 Å². The molecule has 1 amide bonds. The molecule has 0 fully saturated rings. The first kappa shape index (κ1) is 15.5. The summed E-state index contributed by atoms with van der Waals surface area (Å²) in [5, 5.41) is 4.70. The number of amides is 1. The summed E-state index contributed by atoms with van der Waals surface area (Å²) >= 11 is 9.19. The molecule has 0 atom stereocenters. The van der Waals surface area contributed by atoms with Crippen molar-refractivity contribution in [2.75, 3.05) is 11.9 Å². The Kier molecular flexibility index (Phi) is 8.10. The van der Waals surface area contributed by atoms with Crippen molar-refractivity contribution >= 4 is 33.4 Å². The van der Waals surface area contributed by atoms with Crippen LogP contribution in [0.1, 0.15) is 31.2 Å². The predicted octanol–water partition coefficient (Wildman–Crippen LogP) is 3.95. The zero-order chi connectivity index (χ0) is 13.2. The molecule has 0 unspecified atom stereocenters. The first-order valence-corrected chi connectivity index (χ1v) is 7.79. The molecular formula is C14H19BrClNO. The number of halogens is 2. The van der Waals surface area contributed by atoms with Gasteiger partial charge >= 0.3 is 0 Å². The average molecular weight is 333 g/mol. The molecule has 0 saturated heterocycles. The summed E-state index contributed by atoms with van der Waals surface area (Å²) in [5.74, 6) is 0.0813. The summed E-state index contributed by atoms with van der Waals surface area (Å²) in [4.78, 5) is 11.6. The number of carbonyl (C=O) groups is 1. The van der Waals surface area contributed by atoms with Crippen LogP contribution in [0, 0.1) is 0 Å². The molecule has 1 aromatic carbocycles. The molecule has 4 heteroatoms. The number of nitrogens with one attached hydrogen (secondary N) is 1. The Balaban J connectivity index is 2.12. The van der Waals surface area contributed by atoms with Crippen molar-refractivity contribution in [3.8, 4) is 0 Å². The van der Waals surface area contributed by atoms with Gasteiger partial charge in [0, 0.05) is 16.9 Å². The second-order valence-corrected chi connectivity index (χ2v) is 5.49. The van der Waals surface area contributed by atoms with Gasteiger partial charge in [-0.25, -0.2) is 0 Å². The monoisotopic (exact) mass is 331 g/mol. The minimum Gasteiger partial charge on any atom is -0.356 e. The fourth-order valence-corrected chi connectivity index (χ4v) is 2.17. The number of rotatable bonds is 8. The first-order valence-electron chi connectivity index (χ1n) is 6.29. The zero-order valence-corrected chi connectivity index (χ0v) is 12.8.